The summed E-state index contributed by atoms with van der Waals surface area (Å²) in [5.74, 6) is -1.19. The Labute approximate surface area is 95.4 Å². The van der Waals surface area contributed by atoms with Gasteiger partial charge in [-0.25, -0.2) is 0 Å². The molecule has 2 N–H and O–H groups in total. The Hall–Kier alpha value is -1.10. The lowest BCUT2D eigenvalue weighted by molar-refractivity contribution is -0.148. The van der Waals surface area contributed by atoms with Gasteiger partial charge in [0.2, 0.25) is 0 Å². The predicted molar refractivity (Wildman–Crippen MR) is 57.9 cm³/mol. The van der Waals surface area contributed by atoms with Crippen LogP contribution in [0.4, 0.5) is 0 Å². The third-order valence-corrected chi connectivity index (χ3v) is 2.07. The van der Waals surface area contributed by atoms with E-state index in [0.717, 1.165) is 0 Å². The number of ether oxygens (including phenoxy) is 1. The highest BCUT2D eigenvalue weighted by Gasteiger charge is 2.18. The summed E-state index contributed by atoms with van der Waals surface area (Å²) in [6, 6.07) is 0. The molecule has 0 atom stereocenters. The number of carboxylic acid groups (broad SMARTS) is 1. The second kappa shape index (κ2) is 7.22. The third kappa shape index (κ3) is 8.23. The molecule has 0 heterocycles. The molecule has 0 aromatic carbocycles. The van der Waals surface area contributed by atoms with Gasteiger partial charge < -0.3 is 14.9 Å². The number of hydrogen-bond donors (Lipinski definition) is 2. The van der Waals surface area contributed by atoms with Crippen LogP contribution >= 0.6 is 0 Å². The van der Waals surface area contributed by atoms with Gasteiger partial charge in [0.1, 0.15) is 0 Å². The molecule has 0 spiro atoms. The second-order valence-corrected chi connectivity index (χ2v) is 4.58. The van der Waals surface area contributed by atoms with E-state index in [9.17, 15) is 9.59 Å². The number of aliphatic hydroxyl groups is 1. The Morgan fingerprint density at radius 1 is 1.19 bits per heavy atom. The number of hydrogen-bond acceptors (Lipinski definition) is 4. The van der Waals surface area contributed by atoms with Crippen molar-refractivity contribution in [1.29, 1.82) is 0 Å². The molecule has 0 aliphatic rings. The lowest BCUT2D eigenvalue weighted by Crippen LogP contribution is -2.25. The van der Waals surface area contributed by atoms with Crippen molar-refractivity contribution in [3.63, 3.8) is 0 Å². The molecule has 94 valence electrons. The van der Waals surface area contributed by atoms with Crippen molar-refractivity contribution in [3.8, 4) is 0 Å². The van der Waals surface area contributed by atoms with Gasteiger partial charge in [-0.2, -0.15) is 0 Å². The summed E-state index contributed by atoms with van der Waals surface area (Å²) in [5.41, 5.74) is -0.420. The van der Waals surface area contributed by atoms with Crippen molar-refractivity contribution < 1.29 is 24.5 Å². The summed E-state index contributed by atoms with van der Waals surface area (Å²) >= 11 is 0. The van der Waals surface area contributed by atoms with E-state index in [4.69, 9.17) is 14.9 Å². The zero-order valence-corrected chi connectivity index (χ0v) is 9.86. The highest BCUT2D eigenvalue weighted by atomic mass is 16.5. The van der Waals surface area contributed by atoms with E-state index in [0.29, 0.717) is 12.8 Å². The summed E-state index contributed by atoms with van der Waals surface area (Å²) in [7, 11) is 0. The van der Waals surface area contributed by atoms with Crippen molar-refractivity contribution in [2.75, 3.05) is 13.2 Å². The van der Waals surface area contributed by atoms with E-state index in [1.165, 1.54) is 0 Å². The summed E-state index contributed by atoms with van der Waals surface area (Å²) < 4.78 is 4.96. The predicted octanol–water partition coefficient (Wildman–Crippen LogP) is 1.19. The molecule has 0 amide bonds. The average molecular weight is 232 g/mol. The quantitative estimate of drug-likeness (QED) is 0.485. The maximum absolute atomic E-state index is 11.2. The average Bonchev–Trinajstić information content (AvgIpc) is 2.21. The SMILES string of the molecule is CC(C)(CO)COC(=O)CCCCC(=O)O. The van der Waals surface area contributed by atoms with Crippen molar-refractivity contribution in [3.05, 3.63) is 0 Å². The maximum Gasteiger partial charge on any atom is 0.305 e. The van der Waals surface area contributed by atoms with Gasteiger partial charge in [0.05, 0.1) is 13.2 Å². The molecule has 0 saturated heterocycles. The van der Waals surface area contributed by atoms with E-state index in [1.54, 1.807) is 13.8 Å². The van der Waals surface area contributed by atoms with Crippen molar-refractivity contribution in [2.24, 2.45) is 5.41 Å². The molecule has 5 nitrogen and oxygen atoms in total. The molecule has 16 heavy (non-hydrogen) atoms. The van der Waals surface area contributed by atoms with Crippen molar-refractivity contribution in [1.82, 2.24) is 0 Å². The number of carboxylic acids is 1. The van der Waals surface area contributed by atoms with Crippen LogP contribution in [0.15, 0.2) is 0 Å². The van der Waals surface area contributed by atoms with Crippen LogP contribution in [0.5, 0.6) is 0 Å². The molecule has 0 fully saturated rings. The zero-order chi connectivity index (χ0) is 12.6. The van der Waals surface area contributed by atoms with Crippen LogP contribution in [0.1, 0.15) is 39.5 Å². The van der Waals surface area contributed by atoms with Gasteiger partial charge in [0, 0.05) is 18.3 Å². The molecular weight excluding hydrogens is 212 g/mol. The monoisotopic (exact) mass is 232 g/mol. The van der Waals surface area contributed by atoms with E-state index < -0.39 is 11.4 Å². The minimum atomic E-state index is -0.852. The van der Waals surface area contributed by atoms with E-state index in [-0.39, 0.29) is 32.0 Å². The minimum absolute atomic E-state index is 0.0424. The minimum Gasteiger partial charge on any atom is -0.481 e. The Kier molecular flexibility index (Phi) is 6.72. The van der Waals surface area contributed by atoms with Gasteiger partial charge in [0.15, 0.2) is 0 Å². The second-order valence-electron chi connectivity index (χ2n) is 4.58. The molecular formula is C11H20O5. The third-order valence-electron chi connectivity index (χ3n) is 2.07. The van der Waals surface area contributed by atoms with Gasteiger partial charge in [-0.05, 0) is 12.8 Å². The van der Waals surface area contributed by atoms with Crippen LogP contribution in [0.25, 0.3) is 0 Å². The van der Waals surface area contributed by atoms with Gasteiger partial charge >= 0.3 is 11.9 Å². The highest BCUT2D eigenvalue weighted by Crippen LogP contribution is 2.14. The van der Waals surface area contributed by atoms with Gasteiger partial charge in [-0.3, -0.25) is 9.59 Å². The van der Waals surface area contributed by atoms with Gasteiger partial charge in [-0.15, -0.1) is 0 Å². The molecule has 0 aliphatic heterocycles. The number of rotatable bonds is 8. The molecule has 0 aromatic rings. The first kappa shape index (κ1) is 14.9. The molecule has 0 radical (unpaired) electrons. The van der Waals surface area contributed by atoms with Crippen LogP contribution in [-0.4, -0.2) is 35.4 Å². The van der Waals surface area contributed by atoms with Crippen LogP contribution in [-0.2, 0) is 14.3 Å². The Bertz CT molecular complexity index is 235. The molecule has 0 aliphatic carbocycles. The van der Waals surface area contributed by atoms with Crippen LogP contribution in [0.3, 0.4) is 0 Å². The Balaban J connectivity index is 3.56. The topological polar surface area (TPSA) is 83.8 Å². The Morgan fingerprint density at radius 2 is 1.75 bits per heavy atom. The first-order valence-corrected chi connectivity index (χ1v) is 5.36. The van der Waals surface area contributed by atoms with Crippen molar-refractivity contribution in [2.45, 2.75) is 39.5 Å². The van der Waals surface area contributed by atoms with E-state index in [2.05, 4.69) is 0 Å². The number of carbonyl (C=O) groups excluding carboxylic acids is 1. The standard InChI is InChI=1S/C11H20O5/c1-11(2,7-12)8-16-10(15)6-4-3-5-9(13)14/h12H,3-8H2,1-2H3,(H,13,14). The van der Waals surface area contributed by atoms with Crippen molar-refractivity contribution >= 4 is 11.9 Å². The summed E-state index contributed by atoms with van der Waals surface area (Å²) in [6.45, 7) is 3.73. The number of carbonyl (C=O) groups is 2. The number of esters is 1. The highest BCUT2D eigenvalue weighted by molar-refractivity contribution is 5.69. The smallest absolute Gasteiger partial charge is 0.305 e. The van der Waals surface area contributed by atoms with E-state index in [1.807, 2.05) is 0 Å². The van der Waals surface area contributed by atoms with Gasteiger partial charge in [0.25, 0.3) is 0 Å². The summed E-state index contributed by atoms with van der Waals surface area (Å²) in [4.78, 5) is 21.4. The number of unbranched alkanes of at least 4 members (excludes halogenated alkanes) is 1. The zero-order valence-electron chi connectivity index (χ0n) is 9.86. The summed E-state index contributed by atoms with van der Waals surface area (Å²) in [6.07, 6.45) is 1.31. The first-order valence-electron chi connectivity index (χ1n) is 5.36. The first-order chi connectivity index (χ1) is 7.37. The largest absolute Gasteiger partial charge is 0.481 e. The fraction of sp³-hybridized carbons (Fsp3) is 0.818. The Morgan fingerprint density at radius 3 is 2.25 bits per heavy atom. The molecule has 0 bridgehead atoms. The molecule has 0 unspecified atom stereocenters. The van der Waals surface area contributed by atoms with E-state index >= 15 is 0 Å². The normalized spacial score (nSPS) is 11.2. The lowest BCUT2D eigenvalue weighted by atomic mass is 9.97. The lowest BCUT2D eigenvalue weighted by Gasteiger charge is -2.20. The number of aliphatic carboxylic acids is 1. The maximum atomic E-state index is 11.2. The molecule has 0 aromatic heterocycles. The summed E-state index contributed by atoms with van der Waals surface area (Å²) in [5, 5.41) is 17.3. The molecule has 0 rings (SSSR count). The molecule has 5 heteroatoms. The fourth-order valence-corrected chi connectivity index (χ4v) is 0.939. The number of aliphatic hydroxyl groups excluding tert-OH is 1. The van der Waals surface area contributed by atoms with Crippen LogP contribution in [0, 0.1) is 5.41 Å². The molecule has 0 saturated carbocycles. The van der Waals surface area contributed by atoms with Crippen LogP contribution in [0.2, 0.25) is 0 Å². The van der Waals surface area contributed by atoms with Crippen LogP contribution < -0.4 is 0 Å². The fourth-order valence-electron chi connectivity index (χ4n) is 0.939. The van der Waals surface area contributed by atoms with Gasteiger partial charge in [-0.1, -0.05) is 13.8 Å².